The van der Waals surface area contributed by atoms with Crippen molar-refractivity contribution in [3.8, 4) is 0 Å². The first kappa shape index (κ1) is 15.2. The fourth-order valence-corrected chi connectivity index (χ4v) is 3.53. The molecular weight excluding hydrogens is 325 g/mol. The van der Waals surface area contributed by atoms with Crippen molar-refractivity contribution < 1.29 is 4.42 Å². The Morgan fingerprint density at radius 1 is 0.962 bits per heavy atom. The van der Waals surface area contributed by atoms with Crippen LogP contribution in [0.25, 0.3) is 22.1 Å². The summed E-state index contributed by atoms with van der Waals surface area (Å²) in [5.41, 5.74) is 2.40. The molecule has 7 heteroatoms. The number of pyridine rings is 1. The zero-order valence-electron chi connectivity index (χ0n) is 15.0. The van der Waals surface area contributed by atoms with Gasteiger partial charge in [0.15, 0.2) is 17.2 Å². The summed E-state index contributed by atoms with van der Waals surface area (Å²) >= 11 is 0. The highest BCUT2D eigenvalue weighted by atomic mass is 16.3. The van der Waals surface area contributed by atoms with E-state index < -0.39 is 0 Å². The SMILES string of the molecule is BC(C)(C)N1CN(c2cccc3c2oc2ncccc23)c2nccnc21. The van der Waals surface area contributed by atoms with Gasteiger partial charge in [0, 0.05) is 34.8 Å². The lowest BCUT2D eigenvalue weighted by Crippen LogP contribution is -2.46. The van der Waals surface area contributed by atoms with Gasteiger partial charge in [0.2, 0.25) is 5.71 Å². The summed E-state index contributed by atoms with van der Waals surface area (Å²) < 4.78 is 6.11. The van der Waals surface area contributed by atoms with E-state index in [2.05, 4.69) is 64.6 Å². The van der Waals surface area contributed by atoms with Crippen molar-refractivity contribution in [2.24, 2.45) is 0 Å². The van der Waals surface area contributed by atoms with E-state index in [9.17, 15) is 0 Å². The van der Waals surface area contributed by atoms with Gasteiger partial charge in [0.05, 0.1) is 12.4 Å². The smallest absolute Gasteiger partial charge is 0.227 e. The van der Waals surface area contributed by atoms with Crippen LogP contribution >= 0.6 is 0 Å². The van der Waals surface area contributed by atoms with Gasteiger partial charge in [-0.2, -0.15) is 0 Å². The minimum absolute atomic E-state index is 0.0666. The molecule has 0 radical (unpaired) electrons. The van der Waals surface area contributed by atoms with Crippen LogP contribution in [0.4, 0.5) is 17.3 Å². The Kier molecular flexibility index (Phi) is 3.04. The van der Waals surface area contributed by atoms with Gasteiger partial charge >= 0.3 is 0 Å². The van der Waals surface area contributed by atoms with Gasteiger partial charge in [0.1, 0.15) is 7.85 Å². The molecule has 0 amide bonds. The third-order valence-corrected chi connectivity index (χ3v) is 4.81. The third kappa shape index (κ3) is 2.10. The summed E-state index contributed by atoms with van der Waals surface area (Å²) in [6, 6.07) is 10.2. The summed E-state index contributed by atoms with van der Waals surface area (Å²) in [5, 5.41) is 2.08. The molecule has 0 saturated carbocycles. The first-order valence-corrected chi connectivity index (χ1v) is 8.66. The van der Waals surface area contributed by atoms with Crippen LogP contribution in [0.2, 0.25) is 0 Å². The topological polar surface area (TPSA) is 58.3 Å². The Hall–Kier alpha value is -3.09. The summed E-state index contributed by atoms with van der Waals surface area (Å²) in [6.07, 6.45) is 5.23. The van der Waals surface area contributed by atoms with E-state index >= 15 is 0 Å². The Morgan fingerprint density at radius 3 is 2.54 bits per heavy atom. The number of fused-ring (bicyclic) bond motifs is 4. The molecule has 1 aliphatic heterocycles. The highest BCUT2D eigenvalue weighted by Gasteiger charge is 2.36. The molecule has 5 rings (SSSR count). The maximum Gasteiger partial charge on any atom is 0.227 e. The molecule has 0 atom stereocenters. The van der Waals surface area contributed by atoms with Crippen molar-refractivity contribution in [2.75, 3.05) is 16.5 Å². The Labute approximate surface area is 151 Å². The molecule has 1 aliphatic rings. The number of hydrogen-bond acceptors (Lipinski definition) is 6. The fourth-order valence-electron chi connectivity index (χ4n) is 3.53. The number of anilines is 3. The molecule has 1 aromatic carbocycles. The molecule has 3 aromatic heterocycles. The molecule has 4 aromatic rings. The Balaban J connectivity index is 1.74. The van der Waals surface area contributed by atoms with E-state index in [1.54, 1.807) is 18.6 Å². The lowest BCUT2D eigenvalue weighted by Gasteiger charge is -2.33. The second-order valence-corrected chi connectivity index (χ2v) is 7.48. The highest BCUT2D eigenvalue weighted by molar-refractivity contribution is 6.17. The quantitative estimate of drug-likeness (QED) is 0.522. The number of hydrogen-bond donors (Lipinski definition) is 0. The van der Waals surface area contributed by atoms with E-state index in [4.69, 9.17) is 4.42 Å². The van der Waals surface area contributed by atoms with Crippen molar-refractivity contribution in [1.82, 2.24) is 15.0 Å². The van der Waals surface area contributed by atoms with Crippen LogP contribution in [0.3, 0.4) is 0 Å². The van der Waals surface area contributed by atoms with Gasteiger partial charge in [-0.05, 0) is 32.0 Å². The molecule has 0 aliphatic carbocycles. The first-order chi connectivity index (χ1) is 12.5. The van der Waals surface area contributed by atoms with Crippen molar-refractivity contribution in [3.63, 3.8) is 0 Å². The van der Waals surface area contributed by atoms with Crippen LogP contribution in [0.5, 0.6) is 0 Å². The van der Waals surface area contributed by atoms with Gasteiger partial charge < -0.3 is 14.2 Å². The molecule has 0 N–H and O–H groups in total. The molecule has 26 heavy (non-hydrogen) atoms. The van der Waals surface area contributed by atoms with Crippen molar-refractivity contribution in [3.05, 3.63) is 48.9 Å². The van der Waals surface area contributed by atoms with Gasteiger partial charge in [-0.15, -0.1) is 0 Å². The Morgan fingerprint density at radius 2 is 1.73 bits per heavy atom. The number of para-hydroxylation sites is 1. The lowest BCUT2D eigenvalue weighted by molar-refractivity contribution is 0.631. The molecule has 128 valence electrons. The molecule has 0 spiro atoms. The van der Waals surface area contributed by atoms with Crippen molar-refractivity contribution in [1.29, 1.82) is 0 Å². The lowest BCUT2D eigenvalue weighted by atomic mass is 9.80. The number of rotatable bonds is 2. The molecule has 6 nitrogen and oxygen atoms in total. The van der Waals surface area contributed by atoms with Crippen LogP contribution < -0.4 is 9.80 Å². The van der Waals surface area contributed by atoms with E-state index in [1.807, 2.05) is 12.1 Å². The minimum atomic E-state index is -0.0666. The highest BCUT2D eigenvalue weighted by Crippen LogP contribution is 2.43. The van der Waals surface area contributed by atoms with E-state index in [1.165, 1.54) is 0 Å². The Bertz CT molecular complexity index is 1130. The maximum atomic E-state index is 6.11. The number of furan rings is 1. The third-order valence-electron chi connectivity index (χ3n) is 4.81. The van der Waals surface area contributed by atoms with Gasteiger partial charge in [-0.1, -0.05) is 12.1 Å². The van der Waals surface area contributed by atoms with E-state index in [0.29, 0.717) is 12.4 Å². The normalized spacial score (nSPS) is 14.4. The van der Waals surface area contributed by atoms with Gasteiger partial charge in [0.25, 0.3) is 0 Å². The van der Waals surface area contributed by atoms with Gasteiger partial charge in [-0.3, -0.25) is 0 Å². The predicted octanol–water partition coefficient (Wildman–Crippen LogP) is 3.06. The minimum Gasteiger partial charge on any atom is -0.436 e. The number of aromatic nitrogens is 3. The summed E-state index contributed by atoms with van der Waals surface area (Å²) in [5.74, 6) is 1.74. The van der Waals surface area contributed by atoms with Crippen molar-refractivity contribution in [2.45, 2.75) is 19.3 Å². The summed E-state index contributed by atoms with van der Waals surface area (Å²) in [7, 11) is 2.18. The predicted molar refractivity (Wildman–Crippen MR) is 106 cm³/mol. The molecular formula is C19H18BN5O. The largest absolute Gasteiger partial charge is 0.436 e. The number of nitrogens with zero attached hydrogens (tertiary/aromatic N) is 5. The summed E-state index contributed by atoms with van der Waals surface area (Å²) in [6.45, 7) is 5.04. The molecule has 4 heterocycles. The number of benzene rings is 1. The van der Waals surface area contributed by atoms with Crippen LogP contribution in [0.1, 0.15) is 13.8 Å². The molecule has 0 saturated heterocycles. The molecule has 0 bridgehead atoms. The van der Waals surface area contributed by atoms with Crippen LogP contribution in [-0.4, -0.2) is 34.9 Å². The van der Waals surface area contributed by atoms with Crippen LogP contribution in [0, 0.1) is 0 Å². The van der Waals surface area contributed by atoms with Gasteiger partial charge in [-0.25, -0.2) is 15.0 Å². The van der Waals surface area contributed by atoms with Crippen LogP contribution in [0.15, 0.2) is 53.3 Å². The zero-order chi connectivity index (χ0) is 17.9. The average molecular weight is 343 g/mol. The average Bonchev–Trinajstić information content (AvgIpc) is 3.20. The standard InChI is InChI=1S/C19H18BN5O/c1-19(2,20)25-11-24(16-17(25)22-10-9-21-16)14-7-3-5-12-13-6-4-8-23-18(13)26-15(12)14/h3-10H,11,20H2,1-2H3. The van der Waals surface area contributed by atoms with E-state index in [0.717, 1.165) is 33.7 Å². The first-order valence-electron chi connectivity index (χ1n) is 8.66. The summed E-state index contributed by atoms with van der Waals surface area (Å²) in [4.78, 5) is 18.0. The van der Waals surface area contributed by atoms with Crippen molar-refractivity contribution >= 4 is 47.2 Å². The monoisotopic (exact) mass is 343 g/mol. The maximum absolute atomic E-state index is 6.11. The second-order valence-electron chi connectivity index (χ2n) is 7.48. The fraction of sp³-hybridized carbons (Fsp3) is 0.211. The zero-order valence-corrected chi connectivity index (χ0v) is 15.0. The second kappa shape index (κ2) is 5.21. The van der Waals surface area contributed by atoms with Crippen LogP contribution in [-0.2, 0) is 0 Å². The molecule has 0 unspecified atom stereocenters. The van der Waals surface area contributed by atoms with E-state index in [-0.39, 0.29) is 5.44 Å². The molecule has 0 fully saturated rings.